The summed E-state index contributed by atoms with van der Waals surface area (Å²) in [5.74, 6) is -1.35. The number of amides is 2. The average Bonchev–Trinajstić information content (AvgIpc) is 2.93. The highest BCUT2D eigenvalue weighted by Crippen LogP contribution is 2.34. The molecule has 3 aromatic rings. The Morgan fingerprint density at radius 3 is 2.16 bits per heavy atom. The summed E-state index contributed by atoms with van der Waals surface area (Å²) in [6, 6.07) is 17.8. The average molecular weight is 429 g/mol. The summed E-state index contributed by atoms with van der Waals surface area (Å²) >= 11 is 0. The number of nitrogens with zero attached hydrogens (tertiary/aromatic N) is 1. The Bertz CT molecular complexity index is 1260. The largest absolute Gasteiger partial charge is 0.350 e. The minimum Gasteiger partial charge on any atom is -0.350 e. The van der Waals surface area contributed by atoms with Gasteiger partial charge in [-0.15, -0.1) is 0 Å². The number of rotatable bonds is 5. The number of imide groups is 1. The van der Waals surface area contributed by atoms with Crippen LogP contribution in [-0.4, -0.2) is 16.7 Å². The molecule has 0 radical (unpaired) electrons. The fraction of sp³-hybridized carbons (Fsp3) is 0.185. The molecule has 0 saturated carbocycles. The molecule has 4 rings (SSSR count). The molecule has 0 saturated heterocycles. The third-order valence-electron chi connectivity index (χ3n) is 5.60. The van der Waals surface area contributed by atoms with E-state index in [0.717, 1.165) is 32.8 Å². The first-order chi connectivity index (χ1) is 15.2. The van der Waals surface area contributed by atoms with Crippen LogP contribution in [0.5, 0.6) is 0 Å². The smallest absolute Gasteiger partial charge is 0.278 e. The molecular formula is C27H25FN2O2. The first kappa shape index (κ1) is 21.5. The molecule has 1 heterocycles. The lowest BCUT2D eigenvalue weighted by Gasteiger charge is -2.16. The van der Waals surface area contributed by atoms with Gasteiger partial charge in [0.05, 0.1) is 12.1 Å². The molecule has 0 spiro atoms. The maximum Gasteiger partial charge on any atom is 0.278 e. The van der Waals surface area contributed by atoms with Gasteiger partial charge in [-0.05, 0) is 68.1 Å². The second-order valence-electron chi connectivity index (χ2n) is 8.36. The van der Waals surface area contributed by atoms with Gasteiger partial charge in [0, 0.05) is 11.3 Å². The van der Waals surface area contributed by atoms with Gasteiger partial charge in [-0.25, -0.2) is 4.39 Å². The van der Waals surface area contributed by atoms with Crippen LogP contribution in [0.3, 0.4) is 0 Å². The summed E-state index contributed by atoms with van der Waals surface area (Å²) in [5, 5.41) is 3.20. The zero-order valence-electron chi connectivity index (χ0n) is 18.6. The predicted molar refractivity (Wildman–Crippen MR) is 124 cm³/mol. The highest BCUT2D eigenvalue weighted by molar-refractivity contribution is 6.36. The van der Waals surface area contributed by atoms with E-state index in [2.05, 4.69) is 5.32 Å². The predicted octanol–water partition coefficient (Wildman–Crippen LogP) is 5.45. The number of carbonyl (C=O) groups is 2. The van der Waals surface area contributed by atoms with Gasteiger partial charge in [-0.2, -0.15) is 0 Å². The Kier molecular flexibility index (Phi) is 5.66. The van der Waals surface area contributed by atoms with E-state index in [0.29, 0.717) is 16.7 Å². The van der Waals surface area contributed by atoms with Crippen molar-refractivity contribution >= 4 is 23.1 Å². The number of carbonyl (C=O) groups excluding carboxylic acids is 2. The Balaban J connectivity index is 1.81. The first-order valence-electron chi connectivity index (χ1n) is 10.5. The van der Waals surface area contributed by atoms with Crippen molar-refractivity contribution in [2.75, 3.05) is 5.32 Å². The first-order valence-corrected chi connectivity index (χ1v) is 10.5. The van der Waals surface area contributed by atoms with Gasteiger partial charge >= 0.3 is 0 Å². The van der Waals surface area contributed by atoms with E-state index in [1.54, 1.807) is 18.2 Å². The quantitative estimate of drug-likeness (QED) is 0.550. The molecule has 0 fully saturated rings. The van der Waals surface area contributed by atoms with E-state index in [1.807, 2.05) is 64.1 Å². The lowest BCUT2D eigenvalue weighted by atomic mass is 9.97. The van der Waals surface area contributed by atoms with Crippen LogP contribution in [0.25, 0.3) is 5.57 Å². The highest BCUT2D eigenvalue weighted by atomic mass is 19.1. The van der Waals surface area contributed by atoms with Crippen molar-refractivity contribution in [2.24, 2.45) is 0 Å². The lowest BCUT2D eigenvalue weighted by molar-refractivity contribution is -0.137. The molecule has 4 nitrogen and oxygen atoms in total. The summed E-state index contributed by atoms with van der Waals surface area (Å²) in [7, 11) is 0. The van der Waals surface area contributed by atoms with Crippen LogP contribution >= 0.6 is 0 Å². The van der Waals surface area contributed by atoms with Crippen LogP contribution in [-0.2, 0) is 16.1 Å². The number of hydrogen-bond acceptors (Lipinski definition) is 3. The normalized spacial score (nSPS) is 13.8. The van der Waals surface area contributed by atoms with Gasteiger partial charge in [0.1, 0.15) is 11.5 Å². The zero-order chi connectivity index (χ0) is 23.0. The van der Waals surface area contributed by atoms with Crippen LogP contribution in [0.15, 0.2) is 66.4 Å². The molecule has 3 aromatic carbocycles. The van der Waals surface area contributed by atoms with Crippen LogP contribution in [0.4, 0.5) is 10.1 Å². The molecule has 0 aromatic heterocycles. The van der Waals surface area contributed by atoms with Crippen molar-refractivity contribution in [2.45, 2.75) is 34.2 Å². The molecule has 0 bridgehead atoms. The summed E-state index contributed by atoms with van der Waals surface area (Å²) < 4.78 is 14.3. The SMILES string of the molecule is Cc1cc(C)cc(NC2=C(c3ccc(C)cc3C)C(=O)N(Cc3ccccc3F)C2=O)c1. The van der Waals surface area contributed by atoms with E-state index in [-0.39, 0.29) is 12.2 Å². The zero-order valence-corrected chi connectivity index (χ0v) is 18.6. The third kappa shape index (κ3) is 4.06. The second-order valence-corrected chi connectivity index (χ2v) is 8.36. The molecule has 0 atom stereocenters. The minimum atomic E-state index is -0.465. The van der Waals surface area contributed by atoms with Gasteiger partial charge < -0.3 is 5.32 Å². The second kappa shape index (κ2) is 8.42. The summed E-state index contributed by atoms with van der Waals surface area (Å²) in [6.45, 7) is 7.72. The molecule has 0 aliphatic carbocycles. The molecule has 32 heavy (non-hydrogen) atoms. The summed E-state index contributed by atoms with van der Waals surface area (Å²) in [6.07, 6.45) is 0. The van der Waals surface area contributed by atoms with Crippen LogP contribution in [0, 0.1) is 33.5 Å². The van der Waals surface area contributed by atoms with Crippen LogP contribution in [0.1, 0.15) is 33.4 Å². The standard InChI is InChI=1S/C27H25FN2O2/c1-16-9-10-22(19(4)12-16)24-25(29-21-13-17(2)11-18(3)14-21)27(32)30(26(24)31)15-20-7-5-6-8-23(20)28/h5-14,29H,15H2,1-4H3. The van der Waals surface area contributed by atoms with E-state index in [9.17, 15) is 14.0 Å². The fourth-order valence-corrected chi connectivity index (χ4v) is 4.17. The van der Waals surface area contributed by atoms with Crippen LogP contribution in [0.2, 0.25) is 0 Å². The maximum atomic E-state index is 14.3. The van der Waals surface area contributed by atoms with E-state index >= 15 is 0 Å². The number of anilines is 1. The Morgan fingerprint density at radius 1 is 0.812 bits per heavy atom. The maximum absolute atomic E-state index is 14.3. The molecular weight excluding hydrogens is 403 g/mol. The van der Waals surface area contributed by atoms with E-state index in [1.165, 1.54) is 6.07 Å². The number of halogens is 1. The number of aryl methyl sites for hydroxylation is 4. The Morgan fingerprint density at radius 2 is 1.50 bits per heavy atom. The molecule has 2 amide bonds. The molecule has 1 N–H and O–H groups in total. The van der Waals surface area contributed by atoms with Crippen LogP contribution < -0.4 is 5.32 Å². The number of hydrogen-bond donors (Lipinski definition) is 1. The summed E-state index contributed by atoms with van der Waals surface area (Å²) in [4.78, 5) is 28.0. The van der Waals surface area contributed by atoms with Gasteiger partial charge in [0.25, 0.3) is 11.8 Å². The monoisotopic (exact) mass is 428 g/mol. The van der Waals surface area contributed by atoms with Crippen molar-refractivity contribution < 1.29 is 14.0 Å². The van der Waals surface area contributed by atoms with E-state index < -0.39 is 17.6 Å². The topological polar surface area (TPSA) is 49.4 Å². The van der Waals surface area contributed by atoms with Gasteiger partial charge in [-0.1, -0.05) is 48.0 Å². The van der Waals surface area contributed by atoms with Crippen molar-refractivity contribution in [1.29, 1.82) is 0 Å². The lowest BCUT2D eigenvalue weighted by Crippen LogP contribution is -2.32. The van der Waals surface area contributed by atoms with Crippen molar-refractivity contribution in [1.82, 2.24) is 4.90 Å². The molecule has 0 unspecified atom stereocenters. The molecule has 1 aliphatic rings. The molecule has 162 valence electrons. The third-order valence-corrected chi connectivity index (χ3v) is 5.60. The Labute approximate surface area is 187 Å². The molecule has 5 heteroatoms. The van der Waals surface area contributed by atoms with Gasteiger partial charge in [-0.3, -0.25) is 14.5 Å². The van der Waals surface area contributed by atoms with E-state index in [4.69, 9.17) is 0 Å². The van der Waals surface area contributed by atoms with Gasteiger partial charge in [0.15, 0.2) is 0 Å². The number of benzene rings is 3. The Hall–Kier alpha value is -3.73. The summed E-state index contributed by atoms with van der Waals surface area (Å²) in [5.41, 5.74) is 6.28. The molecule has 1 aliphatic heterocycles. The fourth-order valence-electron chi connectivity index (χ4n) is 4.17. The van der Waals surface area contributed by atoms with Crippen molar-refractivity contribution in [3.8, 4) is 0 Å². The van der Waals surface area contributed by atoms with Crippen molar-refractivity contribution in [3.05, 3.63) is 106 Å². The van der Waals surface area contributed by atoms with Gasteiger partial charge in [0.2, 0.25) is 0 Å². The van der Waals surface area contributed by atoms with Crippen molar-refractivity contribution in [3.63, 3.8) is 0 Å². The minimum absolute atomic E-state index is 0.128. The highest BCUT2D eigenvalue weighted by Gasteiger charge is 2.40. The number of nitrogens with one attached hydrogen (secondary N) is 1.